The van der Waals surface area contributed by atoms with Crippen molar-refractivity contribution in [3.05, 3.63) is 224 Å². The van der Waals surface area contributed by atoms with Gasteiger partial charge >= 0.3 is 0 Å². The van der Waals surface area contributed by atoms with Crippen LogP contribution in [0.4, 0.5) is 11.4 Å². The van der Waals surface area contributed by atoms with Crippen LogP contribution < -0.4 is 5.32 Å². The number of aryl methyl sites for hydroxylation is 1. The van der Waals surface area contributed by atoms with Gasteiger partial charge in [-0.3, -0.25) is 0 Å². The van der Waals surface area contributed by atoms with Crippen molar-refractivity contribution in [2.75, 3.05) is 5.32 Å². The average molecular weight is 709 g/mol. The van der Waals surface area contributed by atoms with Crippen LogP contribution in [-0.2, 0) is 0 Å². The van der Waals surface area contributed by atoms with Gasteiger partial charge in [-0.1, -0.05) is 195 Å². The number of hydrogen-bond donors (Lipinski definition) is 2. The Hall–Kier alpha value is -7.03. The highest BCUT2D eigenvalue weighted by Gasteiger charge is 2.13. The Bertz CT molecular complexity index is 2730. The standard InChI is InChI=1S/C53H44N2/c1-5-15-46(36-54)44-30-33-50-45(35-44)31-32-47(53(50)55-52-23-14-20-42-19-11-13-22-49(42)52)38(4)24-25-39(6-2)40-26-28-43(29-27-40)51-34-37(3)16-8-7-9-17-41-18-10-12-21-48(41)51/h5-36,54-55H,1,4H2,2-3H3/b8-7?,9-7?,16-8?,17-9?,25-24-,37-16?,37-34?,39-6+,41-17?,46-15+,51-34?,51-48?,54-36?. The lowest BCUT2D eigenvalue weighted by molar-refractivity contribution is 1.49. The molecule has 2 N–H and O–H groups in total. The van der Waals surface area contributed by atoms with Crippen LogP contribution in [0.2, 0.25) is 0 Å². The van der Waals surface area contributed by atoms with Crippen LogP contribution in [-0.4, -0.2) is 6.21 Å². The highest BCUT2D eigenvalue weighted by atomic mass is 14.9. The van der Waals surface area contributed by atoms with Crippen molar-refractivity contribution in [1.29, 1.82) is 5.41 Å². The van der Waals surface area contributed by atoms with Crippen LogP contribution in [0.5, 0.6) is 0 Å². The van der Waals surface area contributed by atoms with E-state index in [2.05, 4.69) is 208 Å². The number of anilines is 2. The van der Waals surface area contributed by atoms with Gasteiger partial charge in [-0.2, -0.15) is 0 Å². The van der Waals surface area contributed by atoms with Crippen molar-refractivity contribution in [2.24, 2.45) is 0 Å². The average Bonchev–Trinajstić information content (AvgIpc) is 3.22. The Morgan fingerprint density at radius 2 is 1.27 bits per heavy atom. The van der Waals surface area contributed by atoms with Gasteiger partial charge in [0.25, 0.3) is 0 Å². The van der Waals surface area contributed by atoms with Crippen molar-refractivity contribution in [1.82, 2.24) is 0 Å². The topological polar surface area (TPSA) is 35.9 Å². The van der Waals surface area contributed by atoms with E-state index in [-0.39, 0.29) is 0 Å². The Kier molecular flexibility index (Phi) is 11.1. The first-order valence-electron chi connectivity index (χ1n) is 18.6. The number of fused-ring (bicyclic) bond motifs is 3. The normalized spacial score (nSPS) is 11.8. The summed E-state index contributed by atoms with van der Waals surface area (Å²) in [5.74, 6) is 0. The van der Waals surface area contributed by atoms with Crippen molar-refractivity contribution in [3.8, 4) is 11.1 Å². The molecular formula is C53H44N2. The van der Waals surface area contributed by atoms with Crippen molar-refractivity contribution < 1.29 is 0 Å². The second-order valence-corrected chi connectivity index (χ2v) is 13.6. The predicted octanol–water partition coefficient (Wildman–Crippen LogP) is 14.9. The maximum absolute atomic E-state index is 7.96. The summed E-state index contributed by atoms with van der Waals surface area (Å²) in [6.45, 7) is 12.6. The van der Waals surface area contributed by atoms with E-state index in [1.165, 1.54) is 39.1 Å². The monoisotopic (exact) mass is 708 g/mol. The molecule has 0 fully saturated rings. The van der Waals surface area contributed by atoms with Gasteiger partial charge < -0.3 is 10.7 Å². The molecule has 0 spiro atoms. The molecule has 0 unspecified atom stereocenters. The molecule has 0 bridgehead atoms. The molecule has 2 heteroatoms. The zero-order valence-corrected chi connectivity index (χ0v) is 31.4. The minimum atomic E-state index is 0.808. The molecule has 0 heterocycles. The highest BCUT2D eigenvalue weighted by molar-refractivity contribution is 6.11. The number of benzene rings is 6. The summed E-state index contributed by atoms with van der Waals surface area (Å²) in [5.41, 5.74) is 11.5. The van der Waals surface area contributed by atoms with Crippen molar-refractivity contribution in [2.45, 2.75) is 13.8 Å². The third-order valence-corrected chi connectivity index (χ3v) is 9.99. The van der Waals surface area contributed by atoms with Gasteiger partial charge in [0.05, 0.1) is 5.69 Å². The summed E-state index contributed by atoms with van der Waals surface area (Å²) >= 11 is 0. The first kappa shape index (κ1) is 36.3. The van der Waals surface area contributed by atoms with Crippen LogP contribution in [0, 0.1) is 12.3 Å². The molecular weight excluding hydrogens is 665 g/mol. The Balaban J connectivity index is 1.25. The lowest BCUT2D eigenvalue weighted by atomic mass is 9.94. The summed E-state index contributed by atoms with van der Waals surface area (Å²) in [7, 11) is 0. The van der Waals surface area contributed by atoms with Gasteiger partial charge in [-0.25, -0.2) is 0 Å². The summed E-state index contributed by atoms with van der Waals surface area (Å²) in [5, 5.41) is 18.6. The maximum Gasteiger partial charge on any atom is 0.0543 e. The van der Waals surface area contributed by atoms with E-state index in [0.717, 1.165) is 60.9 Å². The first-order chi connectivity index (χ1) is 27.0. The highest BCUT2D eigenvalue weighted by Crippen LogP contribution is 2.38. The zero-order chi connectivity index (χ0) is 38.1. The minimum Gasteiger partial charge on any atom is -0.354 e. The molecule has 266 valence electrons. The lowest BCUT2D eigenvalue weighted by Gasteiger charge is -2.18. The molecule has 0 radical (unpaired) electrons. The lowest BCUT2D eigenvalue weighted by Crippen LogP contribution is -1.98. The molecule has 0 aliphatic carbocycles. The van der Waals surface area contributed by atoms with E-state index in [4.69, 9.17) is 5.41 Å². The molecule has 2 nitrogen and oxygen atoms in total. The third kappa shape index (κ3) is 8.00. The van der Waals surface area contributed by atoms with E-state index in [9.17, 15) is 0 Å². The van der Waals surface area contributed by atoms with Gasteiger partial charge in [-0.15, -0.1) is 0 Å². The molecule has 7 rings (SSSR count). The van der Waals surface area contributed by atoms with Crippen LogP contribution in [0.1, 0.15) is 29.2 Å². The van der Waals surface area contributed by atoms with Crippen molar-refractivity contribution in [3.63, 3.8) is 0 Å². The Morgan fingerprint density at radius 3 is 2.02 bits per heavy atom. The van der Waals surface area contributed by atoms with Crippen LogP contribution in [0.15, 0.2) is 201 Å². The van der Waals surface area contributed by atoms with Crippen LogP contribution in [0.25, 0.3) is 60.2 Å². The number of nitrogens with one attached hydrogen (secondary N) is 2. The van der Waals surface area contributed by atoms with E-state index in [1.54, 1.807) is 6.08 Å². The van der Waals surface area contributed by atoms with E-state index in [0.29, 0.717) is 0 Å². The molecule has 7 aromatic carbocycles. The SMILES string of the molecule is C=C/C=C(\C=N)c1ccc2c(Nc3cccc4ccccc34)c(C(=C)/C=C\C(=C/C)c3ccc(-c4cc(C)cccccc5ccccc45)cc3)ccc2c1. The smallest absolute Gasteiger partial charge is 0.0543 e. The van der Waals surface area contributed by atoms with Crippen LogP contribution >= 0.6 is 0 Å². The summed E-state index contributed by atoms with van der Waals surface area (Å²) in [6, 6.07) is 55.7. The van der Waals surface area contributed by atoms with Gasteiger partial charge in [0.15, 0.2) is 0 Å². The molecule has 0 saturated carbocycles. The van der Waals surface area contributed by atoms with Gasteiger partial charge in [0.2, 0.25) is 0 Å². The largest absolute Gasteiger partial charge is 0.354 e. The third-order valence-electron chi connectivity index (χ3n) is 9.99. The summed E-state index contributed by atoms with van der Waals surface area (Å²) < 4.78 is 0. The predicted molar refractivity (Wildman–Crippen MR) is 242 cm³/mol. The summed E-state index contributed by atoms with van der Waals surface area (Å²) in [4.78, 5) is 0. The fourth-order valence-electron chi connectivity index (χ4n) is 7.13. The van der Waals surface area contributed by atoms with Crippen LogP contribution in [0.3, 0.4) is 0 Å². The van der Waals surface area contributed by atoms with Gasteiger partial charge in [0.1, 0.15) is 0 Å². The molecule has 0 atom stereocenters. The molecule has 7 aromatic rings. The zero-order valence-electron chi connectivity index (χ0n) is 31.4. The first-order valence-corrected chi connectivity index (χ1v) is 18.6. The fourth-order valence-corrected chi connectivity index (χ4v) is 7.13. The maximum atomic E-state index is 7.96. The number of allylic oxidation sites excluding steroid dienone is 8. The molecule has 0 saturated heterocycles. The van der Waals surface area contributed by atoms with Gasteiger partial charge in [0, 0.05) is 28.2 Å². The van der Waals surface area contributed by atoms with E-state index < -0.39 is 0 Å². The fraction of sp³-hybridized carbons (Fsp3) is 0.0377. The molecule has 55 heavy (non-hydrogen) atoms. The second kappa shape index (κ2) is 16.8. The molecule has 0 amide bonds. The number of hydrogen-bond acceptors (Lipinski definition) is 2. The quantitative estimate of drug-likeness (QED) is 0.108. The Morgan fingerprint density at radius 1 is 0.600 bits per heavy atom. The molecule has 0 aliphatic rings. The van der Waals surface area contributed by atoms with Gasteiger partial charge in [-0.05, 0) is 86.5 Å². The molecule has 0 aliphatic heterocycles. The Labute approximate surface area is 324 Å². The van der Waals surface area contributed by atoms with E-state index in [1.807, 2.05) is 6.08 Å². The van der Waals surface area contributed by atoms with E-state index >= 15 is 0 Å². The minimum absolute atomic E-state index is 0.808. The summed E-state index contributed by atoms with van der Waals surface area (Å²) in [6.07, 6.45) is 11.4. The number of rotatable bonds is 10. The second-order valence-electron chi connectivity index (χ2n) is 13.6. The molecule has 0 aromatic heterocycles. The van der Waals surface area contributed by atoms with Crippen molar-refractivity contribution >= 4 is 66.6 Å².